The highest BCUT2D eigenvalue weighted by Crippen LogP contribution is 2.45. The molecule has 1 aliphatic carbocycles. The van der Waals surface area contributed by atoms with Gasteiger partial charge in [0.25, 0.3) is 0 Å². The molecule has 2 amide bonds. The normalized spacial score (nSPS) is 20.6. The van der Waals surface area contributed by atoms with E-state index in [0.717, 1.165) is 56.1 Å². The maximum atomic E-state index is 12.6. The molecule has 2 atom stereocenters. The number of amides is 2. The Kier molecular flexibility index (Phi) is 9.98. The molecule has 0 aromatic heterocycles. The molecule has 0 saturated heterocycles. The Labute approximate surface area is 221 Å². The molecule has 2 unspecified atom stereocenters. The summed E-state index contributed by atoms with van der Waals surface area (Å²) in [6.45, 7) is 11.3. The summed E-state index contributed by atoms with van der Waals surface area (Å²) in [7, 11) is 0. The second kappa shape index (κ2) is 13.0. The number of hydrogen-bond acceptors (Lipinski definition) is 5. The van der Waals surface area contributed by atoms with Crippen LogP contribution in [-0.4, -0.2) is 24.8 Å². The molecule has 0 radical (unpaired) electrons. The summed E-state index contributed by atoms with van der Waals surface area (Å²) in [6.07, 6.45) is 5.33. The van der Waals surface area contributed by atoms with Crippen molar-refractivity contribution >= 4 is 12.2 Å². The average molecular weight is 510 g/mol. The molecule has 7 heteroatoms. The lowest BCUT2D eigenvalue weighted by Gasteiger charge is -2.46. The second-order valence-corrected chi connectivity index (χ2v) is 11.4. The fourth-order valence-electron chi connectivity index (χ4n) is 5.74. The van der Waals surface area contributed by atoms with Gasteiger partial charge in [0, 0.05) is 12.6 Å². The van der Waals surface area contributed by atoms with Crippen LogP contribution in [0.15, 0.2) is 48.5 Å². The first-order valence-corrected chi connectivity index (χ1v) is 13.5. The van der Waals surface area contributed by atoms with Gasteiger partial charge in [0.1, 0.15) is 11.5 Å². The number of hydrogen-bond donors (Lipinski definition) is 3. The number of hydrazine groups is 1. The monoisotopic (exact) mass is 509 g/mol. The first kappa shape index (κ1) is 28.5. The van der Waals surface area contributed by atoms with Crippen LogP contribution in [0.1, 0.15) is 77.8 Å². The van der Waals surface area contributed by atoms with Gasteiger partial charge in [0.2, 0.25) is 0 Å². The predicted molar refractivity (Wildman–Crippen MR) is 147 cm³/mol. The minimum atomic E-state index is -0.527. The third-order valence-electron chi connectivity index (χ3n) is 6.87. The highest BCUT2D eigenvalue weighted by molar-refractivity contribution is 5.71. The van der Waals surface area contributed by atoms with Gasteiger partial charge < -0.3 is 14.8 Å². The molecule has 1 fully saturated rings. The highest BCUT2D eigenvalue weighted by Gasteiger charge is 2.41. The molecule has 2 aromatic rings. The zero-order chi connectivity index (χ0) is 26.9. The number of benzene rings is 2. The minimum absolute atomic E-state index is 0.0310. The summed E-state index contributed by atoms with van der Waals surface area (Å²) in [5, 5.41) is 2.98. The van der Waals surface area contributed by atoms with Gasteiger partial charge in [-0.15, -0.1) is 0 Å². The summed E-state index contributed by atoms with van der Waals surface area (Å²) in [6, 6.07) is 15.3. The van der Waals surface area contributed by atoms with Gasteiger partial charge in [-0.3, -0.25) is 5.43 Å². The van der Waals surface area contributed by atoms with E-state index in [1.807, 2.05) is 48.5 Å². The van der Waals surface area contributed by atoms with Crippen LogP contribution in [0.2, 0.25) is 0 Å². The van der Waals surface area contributed by atoms with Crippen LogP contribution in [-0.2, 0) is 12.8 Å². The van der Waals surface area contributed by atoms with Crippen LogP contribution in [0.4, 0.5) is 9.59 Å². The van der Waals surface area contributed by atoms with E-state index in [9.17, 15) is 9.59 Å². The van der Waals surface area contributed by atoms with Gasteiger partial charge in [0.15, 0.2) is 0 Å². The number of ether oxygens (including phenoxy) is 2. The van der Waals surface area contributed by atoms with E-state index in [1.54, 1.807) is 0 Å². The van der Waals surface area contributed by atoms with E-state index in [1.165, 1.54) is 0 Å². The number of aryl methyl sites for hydroxylation is 2. The molecule has 0 spiro atoms. The first-order valence-electron chi connectivity index (χ1n) is 13.5. The summed E-state index contributed by atoms with van der Waals surface area (Å²) >= 11 is 0. The molecule has 7 nitrogen and oxygen atoms in total. The lowest BCUT2D eigenvalue weighted by molar-refractivity contribution is 0.0648. The SMILES string of the molecule is CCCc1ccccc1OC(=O)NCC1(C)CC(NNC(=O)Oc2ccccc2CCC)CC(C)(C)C1. The Bertz CT molecular complexity index is 1050. The van der Waals surface area contributed by atoms with Crippen molar-refractivity contribution < 1.29 is 19.1 Å². The van der Waals surface area contributed by atoms with E-state index in [2.05, 4.69) is 50.8 Å². The molecule has 1 saturated carbocycles. The molecule has 0 aliphatic heterocycles. The fourth-order valence-corrected chi connectivity index (χ4v) is 5.74. The Balaban J connectivity index is 1.54. The number of carbonyl (C=O) groups excluding carboxylic acids is 2. The maximum Gasteiger partial charge on any atom is 0.427 e. The highest BCUT2D eigenvalue weighted by atomic mass is 16.6. The fraction of sp³-hybridized carbons (Fsp3) is 0.533. The molecule has 1 aliphatic rings. The molecule has 0 bridgehead atoms. The molecule has 3 N–H and O–H groups in total. The van der Waals surface area contributed by atoms with Crippen molar-refractivity contribution in [3.8, 4) is 11.5 Å². The van der Waals surface area contributed by atoms with Gasteiger partial charge in [-0.2, -0.15) is 0 Å². The largest absolute Gasteiger partial charge is 0.427 e. The number of nitrogens with one attached hydrogen (secondary N) is 3. The van der Waals surface area contributed by atoms with Gasteiger partial charge in [-0.1, -0.05) is 83.9 Å². The summed E-state index contributed by atoms with van der Waals surface area (Å²) in [5.41, 5.74) is 7.84. The lowest BCUT2D eigenvalue weighted by atomic mass is 9.62. The lowest BCUT2D eigenvalue weighted by Crippen LogP contribution is -2.54. The molecule has 37 heavy (non-hydrogen) atoms. The van der Waals surface area contributed by atoms with Crippen molar-refractivity contribution in [3.63, 3.8) is 0 Å². The molecular formula is C30H43N3O4. The van der Waals surface area contributed by atoms with Crippen LogP contribution < -0.4 is 25.6 Å². The predicted octanol–water partition coefficient (Wildman–Crippen LogP) is 6.56. The van der Waals surface area contributed by atoms with Crippen molar-refractivity contribution in [2.75, 3.05) is 6.54 Å². The van der Waals surface area contributed by atoms with Crippen LogP contribution >= 0.6 is 0 Å². The molecule has 2 aromatic carbocycles. The Hall–Kier alpha value is -3.06. The number of para-hydroxylation sites is 2. The quantitative estimate of drug-likeness (QED) is 0.316. The van der Waals surface area contributed by atoms with E-state index in [4.69, 9.17) is 9.47 Å². The Morgan fingerprint density at radius 3 is 1.95 bits per heavy atom. The number of carbonyl (C=O) groups is 2. The van der Waals surface area contributed by atoms with E-state index < -0.39 is 12.2 Å². The third kappa shape index (κ3) is 8.78. The van der Waals surface area contributed by atoms with Gasteiger partial charge in [-0.05, 0) is 66.2 Å². The van der Waals surface area contributed by atoms with E-state index in [-0.39, 0.29) is 16.9 Å². The second-order valence-electron chi connectivity index (χ2n) is 11.4. The van der Waals surface area contributed by atoms with E-state index in [0.29, 0.717) is 18.0 Å². The molecular weight excluding hydrogens is 466 g/mol. The Morgan fingerprint density at radius 1 is 0.838 bits per heavy atom. The standard InChI is InChI=1S/C30H43N3O4/c1-6-12-22-14-8-10-16-25(22)36-27(34)31-21-30(5)19-24(18-29(3,4)20-30)32-33-28(35)37-26-17-11-9-15-23(26)13-7-2/h8-11,14-17,24,32H,6-7,12-13,18-21H2,1-5H3,(H,31,34)(H,33,35). The van der Waals surface area contributed by atoms with Crippen LogP contribution in [0, 0.1) is 10.8 Å². The van der Waals surface area contributed by atoms with Gasteiger partial charge in [0.05, 0.1) is 0 Å². The van der Waals surface area contributed by atoms with E-state index >= 15 is 0 Å². The molecule has 3 rings (SSSR count). The molecule has 202 valence electrons. The first-order chi connectivity index (χ1) is 17.6. The van der Waals surface area contributed by atoms with Crippen molar-refractivity contribution in [1.29, 1.82) is 0 Å². The van der Waals surface area contributed by atoms with Crippen LogP contribution in [0.3, 0.4) is 0 Å². The van der Waals surface area contributed by atoms with Crippen molar-refractivity contribution in [2.24, 2.45) is 10.8 Å². The smallest absolute Gasteiger partial charge is 0.410 e. The summed E-state index contributed by atoms with van der Waals surface area (Å²) in [5.74, 6) is 1.19. The van der Waals surface area contributed by atoms with Crippen LogP contribution in [0.25, 0.3) is 0 Å². The topological polar surface area (TPSA) is 88.7 Å². The zero-order valence-electron chi connectivity index (χ0n) is 23.0. The Morgan fingerprint density at radius 2 is 1.38 bits per heavy atom. The summed E-state index contributed by atoms with van der Waals surface area (Å²) in [4.78, 5) is 25.2. The third-order valence-corrected chi connectivity index (χ3v) is 6.87. The number of rotatable bonds is 10. The van der Waals surface area contributed by atoms with Gasteiger partial charge in [-0.25, -0.2) is 15.0 Å². The van der Waals surface area contributed by atoms with Crippen LogP contribution in [0.5, 0.6) is 11.5 Å². The van der Waals surface area contributed by atoms with Crippen molar-refractivity contribution in [1.82, 2.24) is 16.2 Å². The summed E-state index contributed by atoms with van der Waals surface area (Å²) < 4.78 is 11.2. The minimum Gasteiger partial charge on any atom is -0.410 e. The van der Waals surface area contributed by atoms with Crippen molar-refractivity contribution in [2.45, 2.75) is 85.6 Å². The maximum absolute atomic E-state index is 12.6. The average Bonchev–Trinajstić information content (AvgIpc) is 2.83. The van der Waals surface area contributed by atoms with Crippen molar-refractivity contribution in [3.05, 3.63) is 59.7 Å². The molecule has 0 heterocycles. The van der Waals surface area contributed by atoms with Gasteiger partial charge >= 0.3 is 12.2 Å². The zero-order valence-corrected chi connectivity index (χ0v) is 23.0.